The highest BCUT2D eigenvalue weighted by molar-refractivity contribution is 5.80. The summed E-state index contributed by atoms with van der Waals surface area (Å²) < 4.78 is 0. The zero-order chi connectivity index (χ0) is 16.6. The number of aliphatic imine (C=N–C) groups is 1. The first-order valence-electron chi connectivity index (χ1n) is 8.82. The molecule has 2 unspecified atom stereocenters. The maximum Gasteiger partial charge on any atom is 0.0879 e. The molecule has 0 N–H and O–H groups in total. The van der Waals surface area contributed by atoms with Crippen LogP contribution in [0.1, 0.15) is 59.8 Å². The summed E-state index contributed by atoms with van der Waals surface area (Å²) >= 11 is 0. The van der Waals surface area contributed by atoms with E-state index < -0.39 is 0 Å². The molecule has 0 saturated carbocycles. The molecule has 0 aromatic carbocycles. The molecular weight excluding hydrogens is 270 g/mol. The Morgan fingerprint density at radius 2 is 1.95 bits per heavy atom. The summed E-state index contributed by atoms with van der Waals surface area (Å²) in [4.78, 5) is 7.12. The molecule has 2 atom stereocenters. The molecule has 1 heterocycles. The van der Waals surface area contributed by atoms with Gasteiger partial charge in [-0.25, -0.2) is 0 Å². The Hall–Kier alpha value is -1.14. The van der Waals surface area contributed by atoms with Gasteiger partial charge in [0.15, 0.2) is 0 Å². The Morgan fingerprint density at radius 3 is 2.50 bits per heavy atom. The van der Waals surface area contributed by atoms with Crippen LogP contribution in [-0.4, -0.2) is 37.3 Å². The van der Waals surface area contributed by atoms with Crippen molar-refractivity contribution in [3.05, 3.63) is 11.6 Å². The van der Waals surface area contributed by atoms with E-state index in [1.165, 1.54) is 24.8 Å². The van der Waals surface area contributed by atoms with Gasteiger partial charge in [-0.15, -0.1) is 0 Å². The van der Waals surface area contributed by atoms with Crippen LogP contribution in [-0.2, 0) is 0 Å². The van der Waals surface area contributed by atoms with Gasteiger partial charge in [0.05, 0.1) is 18.0 Å². The van der Waals surface area contributed by atoms with Crippen LogP contribution in [0.2, 0.25) is 0 Å². The Bertz CT molecular complexity index is 426. The van der Waals surface area contributed by atoms with Crippen LogP contribution in [0.4, 0.5) is 0 Å². The quantitative estimate of drug-likeness (QED) is 0.590. The Balaban J connectivity index is 2.70. The van der Waals surface area contributed by atoms with Gasteiger partial charge in [0.2, 0.25) is 0 Å². The lowest BCUT2D eigenvalue weighted by molar-refractivity contribution is 0.212. The predicted octanol–water partition coefficient (Wildman–Crippen LogP) is 4.45. The molecule has 0 amide bonds. The molecule has 0 aliphatic carbocycles. The topological polar surface area (TPSA) is 39.4 Å². The van der Waals surface area contributed by atoms with Gasteiger partial charge in [-0.05, 0) is 43.8 Å². The fourth-order valence-corrected chi connectivity index (χ4v) is 3.14. The summed E-state index contributed by atoms with van der Waals surface area (Å²) in [7, 11) is 2.15. The Morgan fingerprint density at radius 1 is 1.27 bits per heavy atom. The van der Waals surface area contributed by atoms with Crippen LogP contribution in [0.25, 0.3) is 0 Å². The summed E-state index contributed by atoms with van der Waals surface area (Å²) in [6, 6.07) is 2.57. The fourth-order valence-electron chi connectivity index (χ4n) is 3.14. The molecule has 0 spiro atoms. The highest BCUT2D eigenvalue weighted by atomic mass is 15.1. The number of nitrogens with zero attached hydrogens (tertiary/aromatic N) is 3. The third-order valence-corrected chi connectivity index (χ3v) is 5.21. The van der Waals surface area contributed by atoms with E-state index in [9.17, 15) is 5.26 Å². The van der Waals surface area contributed by atoms with Gasteiger partial charge in [0.25, 0.3) is 0 Å². The molecule has 3 nitrogen and oxygen atoms in total. The van der Waals surface area contributed by atoms with Crippen LogP contribution < -0.4 is 0 Å². The Labute approximate surface area is 137 Å². The van der Waals surface area contributed by atoms with Crippen molar-refractivity contribution in [1.82, 2.24) is 4.90 Å². The molecule has 0 radical (unpaired) electrons. The molecule has 0 aromatic rings. The summed E-state index contributed by atoms with van der Waals surface area (Å²) in [5.74, 6) is -0.0889. The number of hydrogen-bond donors (Lipinski definition) is 0. The number of unbranched alkanes of at least 4 members (excludes halogenated alkanes) is 2. The minimum absolute atomic E-state index is 0.0889. The van der Waals surface area contributed by atoms with Gasteiger partial charge in [-0.1, -0.05) is 46.6 Å². The van der Waals surface area contributed by atoms with Crippen molar-refractivity contribution in [3.63, 3.8) is 0 Å². The van der Waals surface area contributed by atoms with E-state index in [2.05, 4.69) is 51.8 Å². The minimum Gasteiger partial charge on any atom is -0.302 e. The first kappa shape index (κ1) is 18.9. The summed E-state index contributed by atoms with van der Waals surface area (Å²) in [6.45, 7) is 10.9. The molecule has 124 valence electrons. The predicted molar refractivity (Wildman–Crippen MR) is 95.2 cm³/mol. The van der Waals surface area contributed by atoms with Gasteiger partial charge in [-0.3, -0.25) is 4.99 Å². The number of rotatable bonds is 9. The van der Waals surface area contributed by atoms with Crippen LogP contribution in [0.3, 0.4) is 0 Å². The largest absolute Gasteiger partial charge is 0.302 e. The average molecular weight is 303 g/mol. The van der Waals surface area contributed by atoms with Crippen molar-refractivity contribution in [2.45, 2.75) is 65.8 Å². The molecule has 0 saturated heterocycles. The number of dihydropyridines is 1. The van der Waals surface area contributed by atoms with Gasteiger partial charge in [-0.2, -0.15) is 5.26 Å². The number of hydrogen-bond acceptors (Lipinski definition) is 3. The highest BCUT2D eigenvalue weighted by Gasteiger charge is 2.37. The van der Waals surface area contributed by atoms with Gasteiger partial charge in [0.1, 0.15) is 0 Å². The highest BCUT2D eigenvalue weighted by Crippen LogP contribution is 2.38. The van der Waals surface area contributed by atoms with Crippen molar-refractivity contribution in [1.29, 1.82) is 5.26 Å². The van der Waals surface area contributed by atoms with Crippen LogP contribution >= 0.6 is 0 Å². The molecule has 1 rings (SSSR count). The third kappa shape index (κ3) is 4.95. The monoisotopic (exact) mass is 303 g/mol. The van der Waals surface area contributed by atoms with E-state index in [1.54, 1.807) is 0 Å². The standard InChI is InChI=1S/C19H33N3/c1-6-9-10-11-22(5)15-16-12-17(13-20)18(21-14-16)19(4,7-2)8-3/h12,14,17-18H,6-11,15H2,1-5H3. The SMILES string of the molecule is CCCCCN(C)CC1=CC(C#N)C(C(C)(CC)CC)N=C1. The van der Waals surface area contributed by atoms with Crippen LogP contribution in [0, 0.1) is 22.7 Å². The second kappa shape index (κ2) is 9.10. The fraction of sp³-hybridized carbons (Fsp3) is 0.789. The summed E-state index contributed by atoms with van der Waals surface area (Å²) in [5.41, 5.74) is 1.31. The second-order valence-corrected chi connectivity index (χ2v) is 6.93. The summed E-state index contributed by atoms with van der Waals surface area (Å²) in [5, 5.41) is 9.56. The van der Waals surface area contributed by atoms with E-state index in [4.69, 9.17) is 4.99 Å². The van der Waals surface area contributed by atoms with Gasteiger partial charge >= 0.3 is 0 Å². The smallest absolute Gasteiger partial charge is 0.0879 e. The molecule has 22 heavy (non-hydrogen) atoms. The third-order valence-electron chi connectivity index (χ3n) is 5.21. The minimum atomic E-state index is -0.0889. The molecule has 0 bridgehead atoms. The molecule has 0 aromatic heterocycles. The maximum atomic E-state index is 9.56. The second-order valence-electron chi connectivity index (χ2n) is 6.93. The zero-order valence-electron chi connectivity index (χ0n) is 15.1. The van der Waals surface area contributed by atoms with Gasteiger partial charge < -0.3 is 4.90 Å². The van der Waals surface area contributed by atoms with Crippen molar-refractivity contribution < 1.29 is 0 Å². The van der Waals surface area contributed by atoms with Crippen molar-refractivity contribution >= 4 is 6.21 Å². The van der Waals surface area contributed by atoms with Crippen molar-refractivity contribution in [2.75, 3.05) is 20.1 Å². The normalized spacial score (nSPS) is 21.8. The first-order chi connectivity index (χ1) is 10.5. The lowest BCUT2D eigenvalue weighted by atomic mass is 9.71. The molecule has 0 fully saturated rings. The summed E-state index contributed by atoms with van der Waals surface area (Å²) in [6.07, 6.45) is 10.1. The van der Waals surface area contributed by atoms with E-state index in [0.29, 0.717) is 0 Å². The van der Waals surface area contributed by atoms with E-state index >= 15 is 0 Å². The van der Waals surface area contributed by atoms with E-state index in [1.807, 2.05) is 6.21 Å². The van der Waals surface area contributed by atoms with Crippen molar-refractivity contribution in [3.8, 4) is 6.07 Å². The average Bonchev–Trinajstić information content (AvgIpc) is 2.54. The molecule has 1 aliphatic heterocycles. The zero-order valence-corrected chi connectivity index (χ0v) is 15.1. The van der Waals surface area contributed by atoms with Gasteiger partial charge in [0, 0.05) is 12.8 Å². The lowest BCUT2D eigenvalue weighted by Gasteiger charge is -2.37. The lowest BCUT2D eigenvalue weighted by Crippen LogP contribution is -2.37. The van der Waals surface area contributed by atoms with Crippen molar-refractivity contribution in [2.24, 2.45) is 16.3 Å². The first-order valence-corrected chi connectivity index (χ1v) is 8.82. The number of likely N-dealkylation sites (N-methyl/N-ethyl adjacent to an activating group) is 1. The molecule has 3 heteroatoms. The Kier molecular flexibility index (Phi) is 7.82. The van der Waals surface area contributed by atoms with E-state index in [0.717, 1.165) is 25.9 Å². The van der Waals surface area contributed by atoms with Crippen LogP contribution in [0.15, 0.2) is 16.6 Å². The van der Waals surface area contributed by atoms with Crippen LogP contribution in [0.5, 0.6) is 0 Å². The number of nitriles is 1. The molecule has 1 aliphatic rings. The van der Waals surface area contributed by atoms with E-state index in [-0.39, 0.29) is 17.4 Å². The maximum absolute atomic E-state index is 9.56. The molecular formula is C19H33N3.